The van der Waals surface area contributed by atoms with Gasteiger partial charge >= 0.3 is 0 Å². The molecule has 1 aromatic heterocycles. The predicted molar refractivity (Wildman–Crippen MR) is 64.7 cm³/mol. The molecule has 1 amide bonds. The number of fused-ring (bicyclic) bond motifs is 1. The van der Waals surface area contributed by atoms with Crippen LogP contribution >= 0.6 is 0 Å². The molecule has 5 heteroatoms. The van der Waals surface area contributed by atoms with Gasteiger partial charge < -0.3 is 5.32 Å². The molecule has 3 heterocycles. The smallest absolute Gasteiger partial charge is 0.254 e. The molecule has 2 aliphatic rings. The van der Waals surface area contributed by atoms with E-state index in [1.165, 1.54) is 18.7 Å². The summed E-state index contributed by atoms with van der Waals surface area (Å²) in [4.78, 5) is 18.1. The van der Waals surface area contributed by atoms with Gasteiger partial charge in [0.25, 0.3) is 5.91 Å². The number of hydrogen-bond acceptors (Lipinski definition) is 3. The van der Waals surface area contributed by atoms with Gasteiger partial charge in [-0.2, -0.15) is 0 Å². The minimum absolute atomic E-state index is 0.0847. The highest BCUT2D eigenvalue weighted by Gasteiger charge is 2.38. The summed E-state index contributed by atoms with van der Waals surface area (Å²) < 4.78 is 13.4. The summed E-state index contributed by atoms with van der Waals surface area (Å²) in [5.74, 6) is -0.884. The van der Waals surface area contributed by atoms with E-state index in [-0.39, 0.29) is 17.5 Å². The van der Waals surface area contributed by atoms with E-state index in [4.69, 9.17) is 0 Å². The maximum Gasteiger partial charge on any atom is 0.254 e. The average Bonchev–Trinajstić information content (AvgIpc) is 2.94. The van der Waals surface area contributed by atoms with E-state index in [0.29, 0.717) is 6.04 Å². The van der Waals surface area contributed by atoms with Crippen LogP contribution in [0, 0.1) is 5.82 Å². The van der Waals surface area contributed by atoms with Crippen LogP contribution < -0.4 is 5.32 Å². The Morgan fingerprint density at radius 2 is 2.33 bits per heavy atom. The normalized spacial score (nSPS) is 27.2. The molecular formula is C13H16FN3O. The van der Waals surface area contributed by atoms with Crippen LogP contribution in [0.1, 0.15) is 29.6 Å². The first-order chi connectivity index (χ1) is 8.75. The molecule has 2 saturated heterocycles. The van der Waals surface area contributed by atoms with E-state index in [0.717, 1.165) is 32.1 Å². The zero-order chi connectivity index (χ0) is 12.5. The molecule has 0 aromatic carbocycles. The second-order valence-corrected chi connectivity index (χ2v) is 4.97. The van der Waals surface area contributed by atoms with E-state index in [1.807, 2.05) is 0 Å². The van der Waals surface area contributed by atoms with Crippen LogP contribution in [0.15, 0.2) is 18.5 Å². The molecule has 0 saturated carbocycles. The van der Waals surface area contributed by atoms with Gasteiger partial charge in [0, 0.05) is 24.8 Å². The fourth-order valence-electron chi connectivity index (χ4n) is 3.06. The molecule has 3 rings (SSSR count). The Kier molecular flexibility index (Phi) is 2.99. The average molecular weight is 249 g/mol. The van der Waals surface area contributed by atoms with Crippen LogP contribution in [0.25, 0.3) is 0 Å². The van der Waals surface area contributed by atoms with E-state index in [2.05, 4.69) is 15.2 Å². The molecule has 4 nitrogen and oxygen atoms in total. The Labute approximate surface area is 105 Å². The van der Waals surface area contributed by atoms with E-state index >= 15 is 0 Å². The highest BCUT2D eigenvalue weighted by Crippen LogP contribution is 2.28. The van der Waals surface area contributed by atoms with Crippen molar-refractivity contribution >= 4 is 5.91 Å². The SMILES string of the molecule is O=C(NC1CCN2CCCC12)c1ccncc1F. The van der Waals surface area contributed by atoms with Crippen molar-refractivity contribution in [3.05, 3.63) is 29.8 Å². The lowest BCUT2D eigenvalue weighted by atomic mass is 10.1. The number of pyridine rings is 1. The van der Waals surface area contributed by atoms with Gasteiger partial charge in [-0.15, -0.1) is 0 Å². The molecule has 2 aliphatic heterocycles. The molecule has 1 N–H and O–H groups in total. The first-order valence-corrected chi connectivity index (χ1v) is 6.40. The standard InChI is InChI=1S/C13H16FN3O/c14-10-8-15-5-3-9(10)13(18)16-11-4-7-17-6-1-2-12(11)17/h3,5,8,11-12H,1-2,4,6-7H2,(H,16,18). The molecule has 96 valence electrons. The van der Waals surface area contributed by atoms with Crippen LogP contribution in [-0.2, 0) is 0 Å². The lowest BCUT2D eigenvalue weighted by Crippen LogP contribution is -2.42. The fourth-order valence-corrected chi connectivity index (χ4v) is 3.06. The first kappa shape index (κ1) is 11.6. The van der Waals surface area contributed by atoms with Crippen molar-refractivity contribution in [3.8, 4) is 0 Å². The summed E-state index contributed by atoms with van der Waals surface area (Å²) in [6, 6.07) is 2.03. The summed E-state index contributed by atoms with van der Waals surface area (Å²) in [5, 5.41) is 2.96. The van der Waals surface area contributed by atoms with Crippen LogP contribution in [0.5, 0.6) is 0 Å². The van der Waals surface area contributed by atoms with Gasteiger partial charge in [0.05, 0.1) is 11.8 Å². The van der Waals surface area contributed by atoms with Crippen molar-refractivity contribution in [1.82, 2.24) is 15.2 Å². The third kappa shape index (κ3) is 1.99. The maximum atomic E-state index is 13.4. The lowest BCUT2D eigenvalue weighted by Gasteiger charge is -2.21. The number of rotatable bonds is 2. The molecule has 0 bridgehead atoms. The van der Waals surface area contributed by atoms with Crippen LogP contribution in [0.4, 0.5) is 4.39 Å². The van der Waals surface area contributed by atoms with Crippen molar-refractivity contribution in [3.63, 3.8) is 0 Å². The molecule has 18 heavy (non-hydrogen) atoms. The fraction of sp³-hybridized carbons (Fsp3) is 0.538. The second kappa shape index (κ2) is 4.65. The van der Waals surface area contributed by atoms with Gasteiger partial charge in [-0.3, -0.25) is 14.7 Å². The summed E-state index contributed by atoms with van der Waals surface area (Å²) in [6.07, 6.45) is 5.80. The highest BCUT2D eigenvalue weighted by molar-refractivity contribution is 5.94. The quantitative estimate of drug-likeness (QED) is 0.856. The van der Waals surface area contributed by atoms with Crippen molar-refractivity contribution in [2.75, 3.05) is 13.1 Å². The van der Waals surface area contributed by atoms with E-state index < -0.39 is 5.82 Å². The van der Waals surface area contributed by atoms with Crippen LogP contribution in [0.3, 0.4) is 0 Å². The van der Waals surface area contributed by atoms with Crippen molar-refractivity contribution < 1.29 is 9.18 Å². The van der Waals surface area contributed by atoms with Gasteiger partial charge in [-0.1, -0.05) is 0 Å². The Hall–Kier alpha value is -1.49. The summed E-state index contributed by atoms with van der Waals surface area (Å²) in [5.41, 5.74) is 0.0847. The molecule has 0 spiro atoms. The molecule has 1 aromatic rings. The van der Waals surface area contributed by atoms with Gasteiger partial charge in [0.2, 0.25) is 0 Å². The number of amides is 1. The zero-order valence-corrected chi connectivity index (χ0v) is 10.1. The number of carbonyl (C=O) groups excluding carboxylic acids is 1. The van der Waals surface area contributed by atoms with Gasteiger partial charge in [0.1, 0.15) is 0 Å². The molecule has 2 atom stereocenters. The largest absolute Gasteiger partial charge is 0.348 e. The molecule has 0 radical (unpaired) electrons. The Balaban J connectivity index is 1.70. The van der Waals surface area contributed by atoms with Gasteiger partial charge in [-0.25, -0.2) is 4.39 Å². The van der Waals surface area contributed by atoms with Crippen molar-refractivity contribution in [1.29, 1.82) is 0 Å². The summed E-state index contributed by atoms with van der Waals surface area (Å²) in [7, 11) is 0. The Morgan fingerprint density at radius 1 is 1.44 bits per heavy atom. The van der Waals surface area contributed by atoms with Gasteiger partial charge in [0.15, 0.2) is 5.82 Å². The number of aromatic nitrogens is 1. The van der Waals surface area contributed by atoms with E-state index in [1.54, 1.807) is 0 Å². The summed E-state index contributed by atoms with van der Waals surface area (Å²) >= 11 is 0. The Morgan fingerprint density at radius 3 is 3.17 bits per heavy atom. The zero-order valence-electron chi connectivity index (χ0n) is 10.1. The van der Waals surface area contributed by atoms with Gasteiger partial charge in [-0.05, 0) is 31.9 Å². The van der Waals surface area contributed by atoms with Crippen LogP contribution in [-0.4, -0.2) is 41.0 Å². The second-order valence-electron chi connectivity index (χ2n) is 4.97. The molecule has 0 aliphatic carbocycles. The maximum absolute atomic E-state index is 13.4. The monoisotopic (exact) mass is 249 g/mol. The topological polar surface area (TPSA) is 45.2 Å². The van der Waals surface area contributed by atoms with Crippen molar-refractivity contribution in [2.45, 2.75) is 31.3 Å². The highest BCUT2D eigenvalue weighted by atomic mass is 19.1. The number of halogens is 1. The third-order valence-corrected chi connectivity index (χ3v) is 3.94. The summed E-state index contributed by atoms with van der Waals surface area (Å²) in [6.45, 7) is 2.16. The van der Waals surface area contributed by atoms with Crippen molar-refractivity contribution in [2.24, 2.45) is 0 Å². The number of nitrogens with zero attached hydrogens (tertiary/aromatic N) is 2. The van der Waals surface area contributed by atoms with E-state index in [9.17, 15) is 9.18 Å². The van der Waals surface area contributed by atoms with Crippen LogP contribution in [0.2, 0.25) is 0 Å². The number of carbonyl (C=O) groups is 1. The predicted octanol–water partition coefficient (Wildman–Crippen LogP) is 1.19. The molecular weight excluding hydrogens is 233 g/mol. The molecule has 2 unspecified atom stereocenters. The minimum atomic E-state index is -0.559. The third-order valence-electron chi connectivity index (χ3n) is 3.94. The number of hydrogen-bond donors (Lipinski definition) is 1. The molecule has 2 fully saturated rings. The first-order valence-electron chi connectivity index (χ1n) is 6.40. The lowest BCUT2D eigenvalue weighted by molar-refractivity contribution is 0.0925. The number of nitrogens with one attached hydrogen (secondary N) is 1. The minimum Gasteiger partial charge on any atom is -0.348 e. The Bertz CT molecular complexity index is 465.